The standard InChI is InChI=1S/C5H10F3N/c1-2-3-4(9)5(6,7)8/h4H,2-3,9H2,1H3/t4-/m0/s1. The zero-order valence-electron chi connectivity index (χ0n) is 5.20. The molecule has 0 spiro atoms. The van der Waals surface area contributed by atoms with Gasteiger partial charge < -0.3 is 5.73 Å². The van der Waals surface area contributed by atoms with Crippen LogP contribution >= 0.6 is 0 Å². The zero-order valence-corrected chi connectivity index (χ0v) is 5.20. The van der Waals surface area contributed by atoms with Crippen molar-refractivity contribution in [1.82, 2.24) is 0 Å². The van der Waals surface area contributed by atoms with Crippen LogP contribution in [-0.2, 0) is 0 Å². The van der Waals surface area contributed by atoms with E-state index in [9.17, 15) is 13.2 Å². The molecule has 0 saturated heterocycles. The van der Waals surface area contributed by atoms with Gasteiger partial charge in [-0.1, -0.05) is 13.3 Å². The minimum Gasteiger partial charge on any atom is -0.320 e. The molecule has 0 unspecified atom stereocenters. The first-order chi connectivity index (χ1) is 3.98. The van der Waals surface area contributed by atoms with Crippen LogP contribution in [0.1, 0.15) is 19.8 Å². The van der Waals surface area contributed by atoms with Crippen molar-refractivity contribution in [2.45, 2.75) is 32.0 Å². The van der Waals surface area contributed by atoms with Gasteiger partial charge in [-0.25, -0.2) is 0 Å². The first-order valence-corrected chi connectivity index (χ1v) is 2.80. The van der Waals surface area contributed by atoms with Gasteiger partial charge >= 0.3 is 6.18 Å². The Morgan fingerprint density at radius 1 is 1.44 bits per heavy atom. The van der Waals surface area contributed by atoms with Crippen LogP contribution in [-0.4, -0.2) is 12.2 Å². The van der Waals surface area contributed by atoms with Crippen molar-refractivity contribution >= 4 is 0 Å². The fourth-order valence-corrected chi connectivity index (χ4v) is 0.475. The predicted octanol–water partition coefficient (Wildman–Crippen LogP) is 1.68. The molecule has 0 radical (unpaired) electrons. The Labute approximate surface area is 52.0 Å². The molecule has 0 bridgehead atoms. The molecule has 0 aliphatic heterocycles. The van der Waals surface area contributed by atoms with Gasteiger partial charge in [-0.05, 0) is 6.42 Å². The Bertz CT molecular complexity index is 78.8. The highest BCUT2D eigenvalue weighted by atomic mass is 19.4. The molecular formula is C5H10F3N. The van der Waals surface area contributed by atoms with Crippen LogP contribution in [0.3, 0.4) is 0 Å². The molecule has 0 aliphatic carbocycles. The van der Waals surface area contributed by atoms with Crippen LogP contribution < -0.4 is 5.73 Å². The molecule has 0 amide bonds. The lowest BCUT2D eigenvalue weighted by Crippen LogP contribution is -2.36. The monoisotopic (exact) mass is 141 g/mol. The highest BCUT2D eigenvalue weighted by Gasteiger charge is 2.35. The lowest BCUT2D eigenvalue weighted by atomic mass is 10.2. The van der Waals surface area contributed by atoms with E-state index in [1.54, 1.807) is 6.92 Å². The molecule has 0 aromatic heterocycles. The summed E-state index contributed by atoms with van der Waals surface area (Å²) in [7, 11) is 0. The Morgan fingerprint density at radius 2 is 1.89 bits per heavy atom. The lowest BCUT2D eigenvalue weighted by molar-refractivity contribution is -0.148. The fourth-order valence-electron chi connectivity index (χ4n) is 0.475. The normalized spacial score (nSPS) is 15.7. The predicted molar refractivity (Wildman–Crippen MR) is 28.9 cm³/mol. The molecule has 1 nitrogen and oxygen atoms in total. The lowest BCUT2D eigenvalue weighted by Gasteiger charge is -2.13. The topological polar surface area (TPSA) is 26.0 Å². The number of rotatable bonds is 2. The average Bonchev–Trinajstić information content (AvgIpc) is 1.64. The quantitative estimate of drug-likeness (QED) is 0.622. The van der Waals surface area contributed by atoms with Crippen LogP contribution in [0.4, 0.5) is 13.2 Å². The maximum Gasteiger partial charge on any atom is 0.403 e. The van der Waals surface area contributed by atoms with Crippen molar-refractivity contribution < 1.29 is 13.2 Å². The van der Waals surface area contributed by atoms with E-state index in [4.69, 9.17) is 5.73 Å². The molecular weight excluding hydrogens is 131 g/mol. The summed E-state index contributed by atoms with van der Waals surface area (Å²) in [6.07, 6.45) is -3.72. The summed E-state index contributed by atoms with van der Waals surface area (Å²) in [6.45, 7) is 1.67. The van der Waals surface area contributed by atoms with Gasteiger partial charge in [0.2, 0.25) is 0 Å². The van der Waals surface area contributed by atoms with Crippen LogP contribution in [0.2, 0.25) is 0 Å². The van der Waals surface area contributed by atoms with E-state index in [-0.39, 0.29) is 6.42 Å². The Kier molecular flexibility index (Phi) is 2.97. The van der Waals surface area contributed by atoms with E-state index in [2.05, 4.69) is 0 Å². The largest absolute Gasteiger partial charge is 0.403 e. The van der Waals surface area contributed by atoms with Crippen molar-refractivity contribution in [1.29, 1.82) is 0 Å². The van der Waals surface area contributed by atoms with E-state index in [0.717, 1.165) is 0 Å². The maximum absolute atomic E-state index is 11.5. The molecule has 0 saturated carbocycles. The van der Waals surface area contributed by atoms with E-state index < -0.39 is 12.2 Å². The first-order valence-electron chi connectivity index (χ1n) is 2.80. The molecule has 0 fully saturated rings. The van der Waals surface area contributed by atoms with Crippen molar-refractivity contribution in [2.24, 2.45) is 5.73 Å². The molecule has 9 heavy (non-hydrogen) atoms. The molecule has 56 valence electrons. The van der Waals surface area contributed by atoms with Crippen LogP contribution in [0.15, 0.2) is 0 Å². The van der Waals surface area contributed by atoms with Gasteiger partial charge in [0.25, 0.3) is 0 Å². The van der Waals surface area contributed by atoms with Gasteiger partial charge in [-0.15, -0.1) is 0 Å². The summed E-state index contributed by atoms with van der Waals surface area (Å²) in [4.78, 5) is 0. The Balaban J connectivity index is 3.59. The molecule has 2 N–H and O–H groups in total. The second-order valence-electron chi connectivity index (χ2n) is 1.94. The zero-order chi connectivity index (χ0) is 7.49. The van der Waals surface area contributed by atoms with Gasteiger partial charge in [0.1, 0.15) is 6.04 Å². The molecule has 4 heteroatoms. The third-order valence-corrected chi connectivity index (χ3v) is 1.02. The van der Waals surface area contributed by atoms with Gasteiger partial charge in [-0.3, -0.25) is 0 Å². The van der Waals surface area contributed by atoms with Gasteiger partial charge in [0.15, 0.2) is 0 Å². The minimum atomic E-state index is -4.21. The van der Waals surface area contributed by atoms with Crippen molar-refractivity contribution in [3.63, 3.8) is 0 Å². The molecule has 0 aliphatic rings. The Hall–Kier alpha value is -0.250. The first kappa shape index (κ1) is 8.75. The summed E-state index contributed by atoms with van der Waals surface area (Å²) in [5.41, 5.74) is 4.74. The molecule has 0 aromatic carbocycles. The smallest absolute Gasteiger partial charge is 0.320 e. The third kappa shape index (κ3) is 3.35. The van der Waals surface area contributed by atoms with Crippen LogP contribution in [0.5, 0.6) is 0 Å². The molecule has 0 heterocycles. The molecule has 0 rings (SSSR count). The maximum atomic E-state index is 11.5. The van der Waals surface area contributed by atoms with E-state index in [1.807, 2.05) is 0 Å². The van der Waals surface area contributed by atoms with Gasteiger partial charge in [-0.2, -0.15) is 13.2 Å². The second-order valence-corrected chi connectivity index (χ2v) is 1.94. The second kappa shape index (κ2) is 3.06. The fraction of sp³-hybridized carbons (Fsp3) is 1.00. The number of halogens is 3. The number of hydrogen-bond acceptors (Lipinski definition) is 1. The summed E-state index contributed by atoms with van der Waals surface area (Å²) in [5, 5.41) is 0. The van der Waals surface area contributed by atoms with E-state index >= 15 is 0 Å². The van der Waals surface area contributed by atoms with Crippen molar-refractivity contribution in [2.75, 3.05) is 0 Å². The molecule has 1 atom stereocenters. The highest BCUT2D eigenvalue weighted by Crippen LogP contribution is 2.20. The highest BCUT2D eigenvalue weighted by molar-refractivity contribution is 4.68. The Morgan fingerprint density at radius 3 is 2.00 bits per heavy atom. The van der Waals surface area contributed by atoms with E-state index in [1.165, 1.54) is 0 Å². The SMILES string of the molecule is CCC[C@H](N)C(F)(F)F. The van der Waals surface area contributed by atoms with Crippen molar-refractivity contribution in [3.8, 4) is 0 Å². The average molecular weight is 141 g/mol. The summed E-state index contributed by atoms with van der Waals surface area (Å²) < 4.78 is 34.5. The van der Waals surface area contributed by atoms with Gasteiger partial charge in [0, 0.05) is 0 Å². The number of hydrogen-bond donors (Lipinski definition) is 1. The summed E-state index contributed by atoms with van der Waals surface area (Å²) in [5.74, 6) is 0. The van der Waals surface area contributed by atoms with Crippen LogP contribution in [0, 0.1) is 0 Å². The van der Waals surface area contributed by atoms with Crippen LogP contribution in [0.25, 0.3) is 0 Å². The summed E-state index contributed by atoms with van der Waals surface area (Å²) in [6, 6.07) is -1.64. The van der Waals surface area contributed by atoms with E-state index in [0.29, 0.717) is 6.42 Å². The minimum absolute atomic E-state index is 0.0174. The molecule has 0 aromatic rings. The third-order valence-electron chi connectivity index (χ3n) is 1.02. The number of alkyl halides is 3. The van der Waals surface area contributed by atoms with Gasteiger partial charge in [0.05, 0.1) is 0 Å². The van der Waals surface area contributed by atoms with Crippen molar-refractivity contribution in [3.05, 3.63) is 0 Å². The number of nitrogens with two attached hydrogens (primary N) is 1. The summed E-state index contributed by atoms with van der Waals surface area (Å²) >= 11 is 0.